The van der Waals surface area contributed by atoms with Gasteiger partial charge in [0.2, 0.25) is 0 Å². The van der Waals surface area contributed by atoms with Gasteiger partial charge >= 0.3 is 0 Å². The smallest absolute Gasteiger partial charge is 0.0975 e. The van der Waals surface area contributed by atoms with Crippen molar-refractivity contribution in [3.63, 3.8) is 0 Å². The molecule has 1 aromatic heterocycles. The molecular weight excluding hydrogens is 276 g/mol. The Morgan fingerprint density at radius 1 is 1.26 bits per heavy atom. The summed E-state index contributed by atoms with van der Waals surface area (Å²) in [6.45, 7) is 4.59. The molecule has 0 bridgehead atoms. The Bertz CT molecular complexity index is 572. The van der Waals surface area contributed by atoms with Gasteiger partial charge in [-0.3, -0.25) is 0 Å². The van der Waals surface area contributed by atoms with Gasteiger partial charge in [-0.05, 0) is 30.5 Å². The molecule has 0 fully saturated rings. The first-order valence-electron chi connectivity index (χ1n) is 6.38. The largest absolute Gasteiger partial charge is 0.399 e. The molecule has 0 spiro atoms. The fourth-order valence-corrected chi connectivity index (χ4v) is 3.81. The van der Waals surface area contributed by atoms with E-state index in [4.69, 9.17) is 10.7 Å². The third-order valence-electron chi connectivity index (χ3n) is 3.69. The van der Waals surface area contributed by atoms with Gasteiger partial charge < -0.3 is 5.73 Å². The molecule has 0 saturated heterocycles. The highest BCUT2D eigenvalue weighted by molar-refractivity contribution is 7.11. The Labute approximate surface area is 124 Å². The van der Waals surface area contributed by atoms with Gasteiger partial charge in [-0.15, -0.1) is 23.7 Å². The second-order valence-electron chi connectivity index (χ2n) is 5.68. The molecule has 0 amide bonds. The van der Waals surface area contributed by atoms with Crippen LogP contribution in [0.15, 0.2) is 24.3 Å². The fourth-order valence-electron chi connectivity index (χ4n) is 2.53. The van der Waals surface area contributed by atoms with Crippen LogP contribution in [0.25, 0.3) is 0 Å². The van der Waals surface area contributed by atoms with Crippen molar-refractivity contribution in [3.05, 3.63) is 45.4 Å². The van der Waals surface area contributed by atoms with Crippen LogP contribution >= 0.6 is 23.7 Å². The van der Waals surface area contributed by atoms with Crippen LogP contribution in [0.1, 0.15) is 41.4 Å². The average molecular weight is 295 g/mol. The van der Waals surface area contributed by atoms with E-state index in [1.807, 2.05) is 23.5 Å². The number of anilines is 1. The number of nitrogens with two attached hydrogens (primary N) is 1. The van der Waals surface area contributed by atoms with Crippen LogP contribution in [0.2, 0.25) is 0 Å². The Kier molecular flexibility index (Phi) is 3.88. The number of hydrogen-bond donors (Lipinski definition) is 1. The molecule has 1 aromatic carbocycles. The van der Waals surface area contributed by atoms with Gasteiger partial charge in [-0.25, -0.2) is 4.98 Å². The van der Waals surface area contributed by atoms with E-state index in [9.17, 15) is 0 Å². The molecule has 102 valence electrons. The Balaban J connectivity index is 0.00000133. The Hall–Kier alpha value is -1.06. The molecular formula is C15H19ClN2S. The summed E-state index contributed by atoms with van der Waals surface area (Å²) in [5.74, 6) is 0. The number of halogens is 1. The lowest BCUT2D eigenvalue weighted by atomic mass is 9.91. The lowest BCUT2D eigenvalue weighted by Crippen LogP contribution is -2.13. The van der Waals surface area contributed by atoms with Gasteiger partial charge in [0.15, 0.2) is 0 Å². The first kappa shape index (κ1) is 14.4. The minimum absolute atomic E-state index is 0. The number of hydrogen-bond acceptors (Lipinski definition) is 3. The van der Waals surface area contributed by atoms with Crippen molar-refractivity contribution >= 4 is 29.4 Å². The molecule has 3 rings (SSSR count). The number of aromatic nitrogens is 1. The highest BCUT2D eigenvalue weighted by Gasteiger charge is 2.33. The highest BCUT2D eigenvalue weighted by atomic mass is 35.5. The predicted molar refractivity (Wildman–Crippen MR) is 84.4 cm³/mol. The number of nitrogens with zero attached hydrogens (tertiary/aromatic N) is 1. The monoisotopic (exact) mass is 294 g/mol. The lowest BCUT2D eigenvalue weighted by Gasteiger charge is -2.15. The van der Waals surface area contributed by atoms with Gasteiger partial charge in [0.1, 0.15) is 0 Å². The van der Waals surface area contributed by atoms with Crippen LogP contribution in [0.4, 0.5) is 5.69 Å². The molecule has 2 nitrogen and oxygen atoms in total. The maximum Gasteiger partial charge on any atom is 0.0975 e. The Morgan fingerprint density at radius 3 is 2.58 bits per heavy atom. The van der Waals surface area contributed by atoms with E-state index in [0.717, 1.165) is 12.1 Å². The quantitative estimate of drug-likeness (QED) is 0.852. The minimum Gasteiger partial charge on any atom is -0.399 e. The maximum atomic E-state index is 5.70. The molecule has 2 aromatic rings. The minimum atomic E-state index is 0. The molecule has 0 aliphatic heterocycles. The van der Waals surface area contributed by atoms with Crippen LogP contribution in [0.3, 0.4) is 0 Å². The molecule has 0 atom stereocenters. The molecule has 19 heavy (non-hydrogen) atoms. The zero-order valence-corrected chi connectivity index (χ0v) is 12.9. The molecule has 1 heterocycles. The first-order chi connectivity index (χ1) is 8.54. The number of aryl methyl sites for hydroxylation is 1. The molecule has 0 saturated carbocycles. The summed E-state index contributed by atoms with van der Waals surface area (Å²) in [4.78, 5) is 6.34. The van der Waals surface area contributed by atoms with Crippen molar-refractivity contribution < 1.29 is 0 Å². The molecule has 1 aliphatic rings. The van der Waals surface area contributed by atoms with Crippen LogP contribution in [-0.4, -0.2) is 4.98 Å². The van der Waals surface area contributed by atoms with Crippen molar-refractivity contribution in [2.24, 2.45) is 0 Å². The van der Waals surface area contributed by atoms with E-state index in [1.165, 1.54) is 34.0 Å². The average Bonchev–Trinajstić information content (AvgIpc) is 2.84. The van der Waals surface area contributed by atoms with Crippen molar-refractivity contribution in [1.82, 2.24) is 4.98 Å². The van der Waals surface area contributed by atoms with Gasteiger partial charge in [-0.2, -0.15) is 0 Å². The predicted octanol–water partition coefficient (Wildman–Crippen LogP) is 3.96. The topological polar surface area (TPSA) is 38.9 Å². The summed E-state index contributed by atoms with van der Waals surface area (Å²) >= 11 is 1.88. The van der Waals surface area contributed by atoms with E-state index >= 15 is 0 Å². The van der Waals surface area contributed by atoms with Crippen LogP contribution in [0, 0.1) is 0 Å². The number of nitrogen functional groups attached to an aromatic ring is 1. The first-order valence-corrected chi connectivity index (χ1v) is 7.20. The fraction of sp³-hybridized carbons (Fsp3) is 0.400. The standard InChI is InChI=1S/C15H18N2S.ClH/c1-15(2)8-7-12-14(15)17-13(18-12)9-10-3-5-11(16)6-4-10;/h3-6H,7-9,16H2,1-2H3;1H. The number of rotatable bonds is 2. The van der Waals surface area contributed by atoms with E-state index in [-0.39, 0.29) is 17.8 Å². The second-order valence-corrected chi connectivity index (χ2v) is 6.85. The third kappa shape index (κ3) is 2.77. The zero-order valence-electron chi connectivity index (χ0n) is 11.3. The van der Waals surface area contributed by atoms with Gasteiger partial charge in [0, 0.05) is 22.4 Å². The summed E-state index contributed by atoms with van der Waals surface area (Å²) < 4.78 is 0. The van der Waals surface area contributed by atoms with E-state index in [2.05, 4.69) is 26.0 Å². The summed E-state index contributed by atoms with van der Waals surface area (Å²) in [5, 5.41) is 1.23. The summed E-state index contributed by atoms with van der Waals surface area (Å²) in [6, 6.07) is 8.10. The van der Waals surface area contributed by atoms with Gasteiger partial charge in [-0.1, -0.05) is 26.0 Å². The zero-order chi connectivity index (χ0) is 12.8. The van der Waals surface area contributed by atoms with Crippen LogP contribution < -0.4 is 5.73 Å². The number of fused-ring (bicyclic) bond motifs is 1. The Morgan fingerprint density at radius 2 is 1.95 bits per heavy atom. The van der Waals surface area contributed by atoms with Crippen molar-refractivity contribution in [2.75, 3.05) is 5.73 Å². The SMILES string of the molecule is CC1(C)CCc2sc(Cc3ccc(N)cc3)nc21.Cl. The van der Waals surface area contributed by atoms with Crippen molar-refractivity contribution in [1.29, 1.82) is 0 Å². The molecule has 0 unspecified atom stereocenters. The van der Waals surface area contributed by atoms with Crippen LogP contribution in [-0.2, 0) is 18.3 Å². The van der Waals surface area contributed by atoms with Crippen molar-refractivity contribution in [2.45, 2.75) is 38.5 Å². The molecule has 1 aliphatic carbocycles. The van der Waals surface area contributed by atoms with E-state index < -0.39 is 0 Å². The summed E-state index contributed by atoms with van der Waals surface area (Å²) in [5.41, 5.74) is 9.41. The second kappa shape index (κ2) is 5.14. The van der Waals surface area contributed by atoms with Crippen LogP contribution in [0.5, 0.6) is 0 Å². The van der Waals surface area contributed by atoms with Crippen molar-refractivity contribution in [3.8, 4) is 0 Å². The number of benzene rings is 1. The van der Waals surface area contributed by atoms with E-state index in [0.29, 0.717) is 0 Å². The summed E-state index contributed by atoms with van der Waals surface area (Å²) in [6.07, 6.45) is 3.36. The molecule has 0 radical (unpaired) electrons. The van der Waals surface area contributed by atoms with Gasteiger partial charge in [0.05, 0.1) is 10.7 Å². The van der Waals surface area contributed by atoms with E-state index in [1.54, 1.807) is 0 Å². The molecule has 2 N–H and O–H groups in total. The third-order valence-corrected chi connectivity index (χ3v) is 4.81. The lowest BCUT2D eigenvalue weighted by molar-refractivity contribution is 0.508. The molecule has 4 heteroatoms. The maximum absolute atomic E-state index is 5.70. The number of thiazole rings is 1. The highest BCUT2D eigenvalue weighted by Crippen LogP contribution is 2.40. The van der Waals surface area contributed by atoms with Gasteiger partial charge in [0.25, 0.3) is 0 Å². The summed E-state index contributed by atoms with van der Waals surface area (Å²) in [7, 11) is 0. The normalized spacial score (nSPS) is 15.9.